The summed E-state index contributed by atoms with van der Waals surface area (Å²) in [7, 11) is 0. The third-order valence-corrected chi connectivity index (χ3v) is 4.17. The highest BCUT2D eigenvalue weighted by Crippen LogP contribution is 2.44. The standard InChI is InChI=1S/C16H12ClNO/c17-12-7-5-10(6-8-12)15-14-9-11-3-1-2-4-13(11)16(14)19-18-15/h1-8,14,16H,9H2/t14-,16+/m0/s1. The second-order valence-corrected chi connectivity index (χ2v) is 5.46. The van der Waals surface area contributed by atoms with Crippen LogP contribution in [0, 0.1) is 5.92 Å². The van der Waals surface area contributed by atoms with E-state index in [2.05, 4.69) is 29.4 Å². The maximum atomic E-state index is 5.93. The maximum Gasteiger partial charge on any atom is 0.161 e. The van der Waals surface area contributed by atoms with Crippen LogP contribution in [0.15, 0.2) is 53.7 Å². The fraction of sp³-hybridized carbons (Fsp3) is 0.188. The van der Waals surface area contributed by atoms with Crippen LogP contribution in [-0.2, 0) is 11.3 Å². The topological polar surface area (TPSA) is 21.6 Å². The quantitative estimate of drug-likeness (QED) is 0.767. The van der Waals surface area contributed by atoms with Crippen molar-refractivity contribution < 1.29 is 4.84 Å². The van der Waals surface area contributed by atoms with E-state index < -0.39 is 0 Å². The smallest absolute Gasteiger partial charge is 0.161 e. The summed E-state index contributed by atoms with van der Waals surface area (Å²) in [6.45, 7) is 0. The SMILES string of the molecule is Clc1ccc(C2=NO[C@@H]3c4ccccc4C[C@@H]23)cc1. The Kier molecular flexibility index (Phi) is 2.39. The van der Waals surface area contributed by atoms with Crippen LogP contribution in [0.25, 0.3) is 0 Å². The van der Waals surface area contributed by atoms with E-state index in [9.17, 15) is 0 Å². The Morgan fingerprint density at radius 3 is 2.68 bits per heavy atom. The molecular formula is C16H12ClNO. The molecule has 0 aromatic heterocycles. The van der Waals surface area contributed by atoms with E-state index in [1.807, 2.05) is 24.3 Å². The number of hydrogen-bond donors (Lipinski definition) is 0. The lowest BCUT2D eigenvalue weighted by Gasteiger charge is -2.09. The predicted octanol–water partition coefficient (Wildman–Crippen LogP) is 3.99. The Balaban J connectivity index is 1.70. The van der Waals surface area contributed by atoms with Crippen molar-refractivity contribution in [3.05, 3.63) is 70.2 Å². The van der Waals surface area contributed by atoms with Gasteiger partial charge in [-0.25, -0.2) is 0 Å². The van der Waals surface area contributed by atoms with E-state index in [0.717, 1.165) is 22.7 Å². The highest BCUT2D eigenvalue weighted by molar-refractivity contribution is 6.30. The normalized spacial score (nSPS) is 23.5. The van der Waals surface area contributed by atoms with Gasteiger partial charge in [0.25, 0.3) is 0 Å². The largest absolute Gasteiger partial charge is 0.387 e. The Morgan fingerprint density at radius 2 is 1.84 bits per heavy atom. The minimum atomic E-state index is 0.0851. The number of oxime groups is 1. The second-order valence-electron chi connectivity index (χ2n) is 5.02. The minimum absolute atomic E-state index is 0.0851. The van der Waals surface area contributed by atoms with E-state index in [1.165, 1.54) is 11.1 Å². The van der Waals surface area contributed by atoms with Crippen molar-refractivity contribution >= 4 is 17.3 Å². The molecule has 0 fully saturated rings. The molecule has 0 bridgehead atoms. The molecule has 94 valence electrons. The summed E-state index contributed by atoms with van der Waals surface area (Å²) in [5.41, 5.74) is 4.79. The van der Waals surface area contributed by atoms with Crippen molar-refractivity contribution in [2.45, 2.75) is 12.5 Å². The zero-order chi connectivity index (χ0) is 12.8. The Hall–Kier alpha value is -1.80. The van der Waals surface area contributed by atoms with Gasteiger partial charge in [0.1, 0.15) is 0 Å². The van der Waals surface area contributed by atoms with Gasteiger partial charge in [-0.1, -0.05) is 53.2 Å². The third kappa shape index (κ3) is 1.67. The number of nitrogens with zero attached hydrogens (tertiary/aromatic N) is 1. The van der Waals surface area contributed by atoms with Gasteiger partial charge in [0, 0.05) is 5.02 Å². The number of rotatable bonds is 1. The first-order valence-electron chi connectivity index (χ1n) is 6.40. The molecule has 3 heteroatoms. The molecule has 2 atom stereocenters. The summed E-state index contributed by atoms with van der Waals surface area (Å²) in [5.74, 6) is 0.332. The van der Waals surface area contributed by atoms with Crippen molar-refractivity contribution in [3.8, 4) is 0 Å². The zero-order valence-electron chi connectivity index (χ0n) is 10.2. The predicted molar refractivity (Wildman–Crippen MR) is 75.5 cm³/mol. The van der Waals surface area contributed by atoms with Crippen molar-refractivity contribution in [1.82, 2.24) is 0 Å². The van der Waals surface area contributed by atoms with Gasteiger partial charge in [0.15, 0.2) is 6.10 Å². The number of hydrogen-bond acceptors (Lipinski definition) is 2. The van der Waals surface area contributed by atoms with Crippen LogP contribution in [0.2, 0.25) is 5.02 Å². The van der Waals surface area contributed by atoms with Crippen molar-refractivity contribution in [2.75, 3.05) is 0 Å². The lowest BCUT2D eigenvalue weighted by atomic mass is 9.93. The van der Waals surface area contributed by atoms with Crippen LogP contribution in [0.4, 0.5) is 0 Å². The van der Waals surface area contributed by atoms with Gasteiger partial charge in [-0.15, -0.1) is 0 Å². The Bertz CT molecular complexity index is 663. The van der Waals surface area contributed by atoms with Crippen LogP contribution in [-0.4, -0.2) is 5.71 Å². The molecule has 2 aromatic carbocycles. The van der Waals surface area contributed by atoms with E-state index >= 15 is 0 Å². The van der Waals surface area contributed by atoms with Gasteiger partial charge < -0.3 is 4.84 Å². The molecule has 0 amide bonds. The van der Waals surface area contributed by atoms with E-state index in [-0.39, 0.29) is 6.10 Å². The third-order valence-electron chi connectivity index (χ3n) is 3.92. The van der Waals surface area contributed by atoms with Crippen LogP contribution in [0.1, 0.15) is 22.8 Å². The molecule has 2 nitrogen and oxygen atoms in total. The first-order chi connectivity index (χ1) is 9.33. The minimum Gasteiger partial charge on any atom is -0.387 e. The van der Waals surface area contributed by atoms with Crippen LogP contribution in [0.5, 0.6) is 0 Å². The first kappa shape index (κ1) is 11.1. The highest BCUT2D eigenvalue weighted by atomic mass is 35.5. The van der Waals surface area contributed by atoms with Gasteiger partial charge >= 0.3 is 0 Å². The highest BCUT2D eigenvalue weighted by Gasteiger charge is 2.42. The molecule has 1 aliphatic heterocycles. The molecule has 19 heavy (non-hydrogen) atoms. The molecule has 0 radical (unpaired) electrons. The second kappa shape index (κ2) is 4.10. The summed E-state index contributed by atoms with van der Waals surface area (Å²) in [6, 6.07) is 16.3. The number of halogens is 1. The average molecular weight is 270 g/mol. The molecule has 2 aromatic rings. The zero-order valence-corrected chi connectivity index (χ0v) is 11.0. The van der Waals surface area contributed by atoms with E-state index in [1.54, 1.807) is 0 Å². The van der Waals surface area contributed by atoms with Crippen molar-refractivity contribution in [3.63, 3.8) is 0 Å². The summed E-state index contributed by atoms with van der Waals surface area (Å²) >= 11 is 5.93. The fourth-order valence-electron chi connectivity index (χ4n) is 3.00. The fourth-order valence-corrected chi connectivity index (χ4v) is 3.12. The molecule has 0 spiro atoms. The van der Waals surface area contributed by atoms with Gasteiger partial charge in [-0.2, -0.15) is 0 Å². The van der Waals surface area contributed by atoms with Gasteiger partial charge in [0.05, 0.1) is 11.6 Å². The van der Waals surface area contributed by atoms with E-state index in [0.29, 0.717) is 5.92 Å². The Labute approximate surface area is 116 Å². The van der Waals surface area contributed by atoms with Crippen LogP contribution < -0.4 is 0 Å². The monoisotopic (exact) mass is 269 g/mol. The van der Waals surface area contributed by atoms with E-state index in [4.69, 9.17) is 16.4 Å². The van der Waals surface area contributed by atoms with Crippen LogP contribution in [0.3, 0.4) is 0 Å². The molecule has 1 aliphatic carbocycles. The summed E-state index contributed by atoms with van der Waals surface area (Å²) in [4.78, 5) is 5.66. The lowest BCUT2D eigenvalue weighted by Crippen LogP contribution is -2.14. The first-order valence-corrected chi connectivity index (χ1v) is 6.78. The molecule has 0 saturated heterocycles. The summed E-state index contributed by atoms with van der Waals surface area (Å²) < 4.78 is 0. The van der Waals surface area contributed by atoms with Gasteiger partial charge in [-0.05, 0) is 35.2 Å². The van der Waals surface area contributed by atoms with Crippen LogP contribution >= 0.6 is 11.6 Å². The number of benzene rings is 2. The van der Waals surface area contributed by atoms with Crippen molar-refractivity contribution in [2.24, 2.45) is 11.1 Å². The maximum absolute atomic E-state index is 5.93. The van der Waals surface area contributed by atoms with Crippen molar-refractivity contribution in [1.29, 1.82) is 0 Å². The number of fused-ring (bicyclic) bond motifs is 3. The summed E-state index contributed by atoms with van der Waals surface area (Å²) in [5, 5.41) is 5.04. The lowest BCUT2D eigenvalue weighted by molar-refractivity contribution is 0.0697. The molecule has 2 aliphatic rings. The molecule has 0 N–H and O–H groups in total. The van der Waals surface area contributed by atoms with Gasteiger partial charge in [0.2, 0.25) is 0 Å². The average Bonchev–Trinajstić information content (AvgIpc) is 2.98. The molecule has 0 unspecified atom stereocenters. The van der Waals surface area contributed by atoms with Gasteiger partial charge in [-0.3, -0.25) is 0 Å². The summed E-state index contributed by atoms with van der Waals surface area (Å²) in [6.07, 6.45) is 1.09. The molecule has 0 saturated carbocycles. The Morgan fingerprint density at radius 1 is 1.05 bits per heavy atom. The molecule has 4 rings (SSSR count). The molecular weight excluding hydrogens is 258 g/mol. The molecule has 1 heterocycles.